The summed E-state index contributed by atoms with van der Waals surface area (Å²) in [6.07, 6.45) is 5.53. The molecule has 2 aliphatic rings. The van der Waals surface area contributed by atoms with Crippen molar-refractivity contribution in [3.05, 3.63) is 42.0 Å². The summed E-state index contributed by atoms with van der Waals surface area (Å²) >= 11 is 1.28. The van der Waals surface area contributed by atoms with Gasteiger partial charge in [0, 0.05) is 18.7 Å². The Morgan fingerprint density at radius 2 is 1.78 bits per heavy atom. The molecule has 0 spiro atoms. The van der Waals surface area contributed by atoms with E-state index in [4.69, 9.17) is 14.3 Å². The Hall–Kier alpha value is -3.33. The van der Waals surface area contributed by atoms with Crippen LogP contribution in [0.2, 0.25) is 0 Å². The normalized spacial score (nSPS) is 18.9. The van der Waals surface area contributed by atoms with Crippen LogP contribution in [0, 0.1) is 5.92 Å². The van der Waals surface area contributed by atoms with Gasteiger partial charge in [-0.25, -0.2) is 27.9 Å². The van der Waals surface area contributed by atoms with E-state index < -0.39 is 33.7 Å². The fraction of sp³-hybridized carbons (Fsp3) is 0.548. The highest BCUT2D eigenvalue weighted by Crippen LogP contribution is 2.36. The van der Waals surface area contributed by atoms with E-state index in [9.17, 15) is 18.0 Å². The van der Waals surface area contributed by atoms with E-state index in [2.05, 4.69) is 20.0 Å². The number of nitrogens with one attached hydrogen (secondary N) is 2. The van der Waals surface area contributed by atoms with Crippen LogP contribution in [-0.4, -0.2) is 67.4 Å². The Kier molecular flexibility index (Phi) is 10.3. The van der Waals surface area contributed by atoms with Gasteiger partial charge < -0.3 is 19.6 Å². The lowest BCUT2D eigenvalue weighted by Gasteiger charge is -2.31. The largest absolute Gasteiger partial charge is 0.528 e. The lowest BCUT2D eigenvalue weighted by atomic mass is 9.87. The van der Waals surface area contributed by atoms with Crippen molar-refractivity contribution < 1.29 is 32.3 Å². The molecule has 2 atom stereocenters. The van der Waals surface area contributed by atoms with Gasteiger partial charge in [0.25, 0.3) is 0 Å². The van der Waals surface area contributed by atoms with Crippen molar-refractivity contribution in [1.82, 2.24) is 19.8 Å². The number of sulfonamides is 1. The van der Waals surface area contributed by atoms with Gasteiger partial charge in [0.05, 0.1) is 24.5 Å². The second-order valence-corrected chi connectivity index (χ2v) is 15.3. The van der Waals surface area contributed by atoms with Gasteiger partial charge in [0.15, 0.2) is 5.13 Å². The third-order valence-corrected chi connectivity index (χ3v) is 10.3. The van der Waals surface area contributed by atoms with Crippen molar-refractivity contribution in [2.24, 2.45) is 5.92 Å². The molecule has 5 rings (SSSR count). The van der Waals surface area contributed by atoms with Gasteiger partial charge in [-0.1, -0.05) is 49.2 Å². The van der Waals surface area contributed by atoms with E-state index in [0.29, 0.717) is 53.1 Å². The number of aromatic nitrogens is 2. The molecule has 3 heterocycles. The molecule has 2 N–H and O–H groups in total. The summed E-state index contributed by atoms with van der Waals surface area (Å²) in [7, 11) is -2.32. The Bertz CT molecular complexity index is 1600. The number of carbonyl (C=O) groups is 2. The number of rotatable bonds is 10. The molecule has 45 heavy (non-hydrogen) atoms. The number of methoxy groups -OCH3 is 1. The van der Waals surface area contributed by atoms with Crippen molar-refractivity contribution in [3.8, 4) is 5.88 Å². The third kappa shape index (κ3) is 8.90. The summed E-state index contributed by atoms with van der Waals surface area (Å²) in [5.41, 5.74) is 0.718. The second-order valence-electron chi connectivity index (χ2n) is 12.6. The number of amides is 1. The number of hydrogen-bond donors (Lipinski definition) is 2. The summed E-state index contributed by atoms with van der Waals surface area (Å²) < 4.78 is 39.8. The Morgan fingerprint density at radius 1 is 1.04 bits per heavy atom. The molecule has 244 valence electrons. The fourth-order valence-electron chi connectivity index (χ4n) is 5.80. The first-order valence-electron chi connectivity index (χ1n) is 15.3. The van der Waals surface area contributed by atoms with Crippen LogP contribution in [0.1, 0.15) is 77.2 Å². The quantitative estimate of drug-likeness (QED) is 0.263. The number of pyridine rings is 1. The van der Waals surface area contributed by atoms with Crippen LogP contribution in [0.5, 0.6) is 5.88 Å². The average Bonchev–Trinajstić information content (AvgIpc) is 3.64. The van der Waals surface area contributed by atoms with Crippen molar-refractivity contribution in [2.45, 2.75) is 88.2 Å². The molecule has 2 fully saturated rings. The number of nitrogens with zero attached hydrogens (tertiary/aromatic N) is 3. The van der Waals surface area contributed by atoms with Crippen molar-refractivity contribution in [3.63, 3.8) is 0 Å². The number of ether oxygens (including phenoxy) is 2. The Labute approximate surface area is 267 Å². The fourth-order valence-corrected chi connectivity index (χ4v) is 7.89. The van der Waals surface area contributed by atoms with Crippen LogP contribution < -0.4 is 14.8 Å². The number of hydroxylamine groups is 2. The van der Waals surface area contributed by atoms with E-state index in [-0.39, 0.29) is 17.3 Å². The molecule has 2 aromatic heterocycles. The lowest BCUT2D eigenvalue weighted by molar-refractivity contribution is -0.153. The standard InChI is InChI=1S/C31H41N5O7S2/c1-31(2,3)42-30(38)43-36-17-7-10-22(19-36)35-45(39,40)23-13-11-21(12-14-23)24(18-20-8-5-6-9-20)27(37)34-29-32-25-15-16-26(41-4)33-28(25)44-29/h11-16,20,22,24,35H,5-10,17-19H2,1-4H3,(H,32,34,37)/t22-,24?/m1/s1. The maximum atomic E-state index is 13.7. The predicted octanol–water partition coefficient (Wildman–Crippen LogP) is 5.61. The molecule has 1 aromatic carbocycles. The van der Waals surface area contributed by atoms with Crippen molar-refractivity contribution in [2.75, 3.05) is 25.5 Å². The first-order valence-corrected chi connectivity index (χ1v) is 17.6. The molecule has 1 saturated carbocycles. The minimum absolute atomic E-state index is 0.0997. The molecular weight excluding hydrogens is 619 g/mol. The molecule has 1 unspecified atom stereocenters. The molecule has 0 radical (unpaired) electrons. The molecule has 1 saturated heterocycles. The summed E-state index contributed by atoms with van der Waals surface area (Å²) in [5.74, 6) is 0.241. The Morgan fingerprint density at radius 3 is 2.47 bits per heavy atom. The second kappa shape index (κ2) is 14.0. The molecular formula is C31H41N5O7S2. The molecule has 1 amide bonds. The number of fused-ring (bicyclic) bond motifs is 1. The highest BCUT2D eigenvalue weighted by Gasteiger charge is 2.31. The number of thiazole rings is 1. The third-order valence-electron chi connectivity index (χ3n) is 7.92. The van der Waals surface area contributed by atoms with E-state index in [1.165, 1.54) is 28.5 Å². The zero-order valence-electron chi connectivity index (χ0n) is 26.1. The van der Waals surface area contributed by atoms with Crippen LogP contribution in [-0.2, 0) is 24.4 Å². The Balaban J connectivity index is 1.26. The molecule has 1 aliphatic carbocycles. The van der Waals surface area contributed by atoms with Crippen LogP contribution in [0.3, 0.4) is 0 Å². The minimum atomic E-state index is -3.87. The molecule has 0 bridgehead atoms. The number of benzene rings is 1. The number of anilines is 1. The van der Waals surface area contributed by atoms with Gasteiger partial charge in [-0.15, -0.1) is 5.06 Å². The minimum Gasteiger partial charge on any atom is -0.481 e. The van der Waals surface area contributed by atoms with Crippen molar-refractivity contribution >= 4 is 48.9 Å². The van der Waals surface area contributed by atoms with Gasteiger partial charge in [-0.3, -0.25) is 4.79 Å². The van der Waals surface area contributed by atoms with Crippen molar-refractivity contribution in [1.29, 1.82) is 0 Å². The van der Waals surface area contributed by atoms with Gasteiger partial charge in [0.2, 0.25) is 21.8 Å². The van der Waals surface area contributed by atoms with Crippen LogP contribution in [0.15, 0.2) is 41.3 Å². The summed E-state index contributed by atoms with van der Waals surface area (Å²) in [6, 6.07) is 9.60. The van der Waals surface area contributed by atoms with Crippen LogP contribution in [0.4, 0.5) is 9.93 Å². The first-order chi connectivity index (χ1) is 21.4. The predicted molar refractivity (Wildman–Crippen MR) is 171 cm³/mol. The molecule has 1 aliphatic heterocycles. The summed E-state index contributed by atoms with van der Waals surface area (Å²) in [6.45, 7) is 5.92. The maximum Gasteiger partial charge on any atom is 0.528 e. The topological polar surface area (TPSA) is 149 Å². The van der Waals surface area contributed by atoms with Gasteiger partial charge in [-0.2, -0.15) is 0 Å². The van der Waals surface area contributed by atoms with E-state index >= 15 is 0 Å². The number of piperidine rings is 1. The molecule has 14 heteroatoms. The first kappa shape index (κ1) is 33.0. The molecule has 12 nitrogen and oxygen atoms in total. The number of carbonyl (C=O) groups excluding carboxylic acids is 2. The molecule has 3 aromatic rings. The maximum absolute atomic E-state index is 13.7. The van der Waals surface area contributed by atoms with Crippen LogP contribution >= 0.6 is 11.3 Å². The summed E-state index contributed by atoms with van der Waals surface area (Å²) in [4.78, 5) is 40.7. The highest BCUT2D eigenvalue weighted by atomic mass is 32.2. The SMILES string of the molecule is COc1ccc2nc(NC(=O)C(CC3CCCC3)c3ccc(S(=O)(=O)N[C@@H]4CCCN(OC(=O)OC(C)(C)C)C4)cc3)sc2n1. The van der Waals surface area contributed by atoms with Crippen LogP contribution in [0.25, 0.3) is 10.3 Å². The zero-order chi connectivity index (χ0) is 32.2. The number of hydrogen-bond acceptors (Lipinski definition) is 11. The lowest BCUT2D eigenvalue weighted by Crippen LogP contribution is -2.48. The average molecular weight is 660 g/mol. The van der Waals surface area contributed by atoms with E-state index in [0.717, 1.165) is 31.2 Å². The van der Waals surface area contributed by atoms with E-state index in [1.54, 1.807) is 52.1 Å². The van der Waals surface area contributed by atoms with Gasteiger partial charge >= 0.3 is 6.16 Å². The highest BCUT2D eigenvalue weighted by molar-refractivity contribution is 7.89. The zero-order valence-corrected chi connectivity index (χ0v) is 27.7. The smallest absolute Gasteiger partial charge is 0.481 e. The van der Waals surface area contributed by atoms with Gasteiger partial charge in [0.1, 0.15) is 15.9 Å². The monoisotopic (exact) mass is 659 g/mol. The van der Waals surface area contributed by atoms with E-state index in [1.807, 2.05) is 0 Å². The van der Waals surface area contributed by atoms with Gasteiger partial charge in [-0.05, 0) is 69.7 Å². The summed E-state index contributed by atoms with van der Waals surface area (Å²) in [5, 5.41) is 4.86.